The van der Waals surface area contributed by atoms with Crippen molar-refractivity contribution in [3.05, 3.63) is 33.3 Å². The van der Waals surface area contributed by atoms with Crippen LogP contribution in [0.1, 0.15) is 18.0 Å². The van der Waals surface area contributed by atoms with E-state index in [0.717, 1.165) is 22.5 Å². The summed E-state index contributed by atoms with van der Waals surface area (Å²) >= 11 is 9.81. The van der Waals surface area contributed by atoms with Crippen molar-refractivity contribution in [2.45, 2.75) is 12.5 Å². The van der Waals surface area contributed by atoms with Crippen LogP contribution in [0.15, 0.2) is 22.7 Å². The maximum absolute atomic E-state index is 6.35. The molecule has 1 unspecified atom stereocenters. The Labute approximate surface area is 135 Å². The summed E-state index contributed by atoms with van der Waals surface area (Å²) in [6.45, 7) is 5.79. The number of nitrogens with zero attached hydrogens (tertiary/aromatic N) is 2. The number of piperazine rings is 1. The molecule has 2 rings (SSSR count). The number of likely N-dealkylation sites (N-methyl/N-ethyl adjacent to an activating group) is 1. The number of benzene rings is 1. The minimum absolute atomic E-state index is 0.315. The molecule has 0 amide bonds. The van der Waals surface area contributed by atoms with E-state index in [1.807, 2.05) is 13.1 Å². The number of nitrogens with one attached hydrogen (secondary N) is 1. The zero-order chi connectivity index (χ0) is 14.5. The van der Waals surface area contributed by atoms with E-state index in [9.17, 15) is 0 Å². The largest absolute Gasteiger partial charge is 0.313 e. The third-order valence-corrected chi connectivity index (χ3v) is 4.84. The topological polar surface area (TPSA) is 18.5 Å². The average Bonchev–Trinajstić information content (AvgIpc) is 2.43. The number of hydrogen-bond acceptors (Lipinski definition) is 3. The van der Waals surface area contributed by atoms with Gasteiger partial charge in [0.1, 0.15) is 0 Å². The van der Waals surface area contributed by atoms with Crippen LogP contribution in [0.5, 0.6) is 0 Å². The van der Waals surface area contributed by atoms with Crippen molar-refractivity contribution in [2.75, 3.05) is 46.8 Å². The molecular formula is C15H23BrClN3. The predicted molar refractivity (Wildman–Crippen MR) is 89.5 cm³/mol. The second kappa shape index (κ2) is 7.76. The summed E-state index contributed by atoms with van der Waals surface area (Å²) in [6.07, 6.45) is 1.08. The Kier molecular flexibility index (Phi) is 6.30. The molecule has 0 aliphatic carbocycles. The monoisotopic (exact) mass is 359 g/mol. The Bertz CT molecular complexity index is 433. The van der Waals surface area contributed by atoms with Gasteiger partial charge in [0.2, 0.25) is 0 Å². The standard InChI is InChI=1S/C15H23BrClN3/c1-18-15(13-4-3-12(16)11-14(13)17)5-6-20-9-7-19(2)8-10-20/h3-4,11,15,18H,5-10H2,1-2H3. The van der Waals surface area contributed by atoms with E-state index < -0.39 is 0 Å². The van der Waals surface area contributed by atoms with Crippen LogP contribution < -0.4 is 5.32 Å². The van der Waals surface area contributed by atoms with Gasteiger partial charge in [-0.05, 0) is 38.2 Å². The van der Waals surface area contributed by atoms with Crippen LogP contribution in [0.2, 0.25) is 5.02 Å². The van der Waals surface area contributed by atoms with Gasteiger partial charge >= 0.3 is 0 Å². The van der Waals surface area contributed by atoms with Crippen molar-refractivity contribution in [1.29, 1.82) is 0 Å². The number of halogens is 2. The third kappa shape index (κ3) is 4.43. The Morgan fingerprint density at radius 2 is 2.00 bits per heavy atom. The van der Waals surface area contributed by atoms with Gasteiger partial charge in [-0.25, -0.2) is 0 Å². The first-order chi connectivity index (χ1) is 9.60. The summed E-state index contributed by atoms with van der Waals surface area (Å²) < 4.78 is 1.03. The van der Waals surface area contributed by atoms with Gasteiger partial charge in [-0.1, -0.05) is 33.6 Å². The van der Waals surface area contributed by atoms with Crippen LogP contribution in [-0.2, 0) is 0 Å². The lowest BCUT2D eigenvalue weighted by Crippen LogP contribution is -2.45. The first-order valence-electron chi connectivity index (χ1n) is 7.13. The molecule has 1 N–H and O–H groups in total. The molecule has 5 heteroatoms. The lowest BCUT2D eigenvalue weighted by molar-refractivity contribution is 0.149. The summed E-state index contributed by atoms with van der Waals surface area (Å²) in [4.78, 5) is 4.93. The van der Waals surface area contributed by atoms with Crippen LogP contribution >= 0.6 is 27.5 Å². The Hall–Kier alpha value is -0.130. The summed E-state index contributed by atoms with van der Waals surface area (Å²) in [5.74, 6) is 0. The Balaban J connectivity index is 1.92. The molecule has 0 spiro atoms. The molecular weight excluding hydrogens is 338 g/mol. The second-order valence-electron chi connectivity index (χ2n) is 5.44. The molecule has 1 saturated heterocycles. The van der Waals surface area contributed by atoms with Gasteiger partial charge in [-0.3, -0.25) is 0 Å². The van der Waals surface area contributed by atoms with Gasteiger partial charge in [-0.2, -0.15) is 0 Å². The summed E-state index contributed by atoms with van der Waals surface area (Å²) in [5, 5.41) is 4.22. The average molecular weight is 361 g/mol. The highest BCUT2D eigenvalue weighted by Crippen LogP contribution is 2.28. The molecule has 3 nitrogen and oxygen atoms in total. The van der Waals surface area contributed by atoms with Gasteiger partial charge in [0.15, 0.2) is 0 Å². The van der Waals surface area contributed by atoms with Crippen molar-refractivity contribution in [2.24, 2.45) is 0 Å². The third-order valence-electron chi connectivity index (χ3n) is 4.02. The number of rotatable bonds is 5. The van der Waals surface area contributed by atoms with Crippen molar-refractivity contribution in [3.63, 3.8) is 0 Å². The fourth-order valence-corrected chi connectivity index (χ4v) is 3.43. The van der Waals surface area contributed by atoms with Crippen molar-refractivity contribution in [1.82, 2.24) is 15.1 Å². The van der Waals surface area contributed by atoms with Gasteiger partial charge in [0, 0.05) is 48.3 Å². The van der Waals surface area contributed by atoms with Gasteiger partial charge in [0.25, 0.3) is 0 Å². The summed E-state index contributed by atoms with van der Waals surface area (Å²) in [7, 11) is 4.20. The zero-order valence-electron chi connectivity index (χ0n) is 12.2. The number of hydrogen-bond donors (Lipinski definition) is 1. The molecule has 1 atom stereocenters. The van der Waals surface area contributed by atoms with Crippen LogP contribution in [0.3, 0.4) is 0 Å². The maximum Gasteiger partial charge on any atom is 0.0465 e. The zero-order valence-corrected chi connectivity index (χ0v) is 14.5. The van der Waals surface area contributed by atoms with Crippen molar-refractivity contribution >= 4 is 27.5 Å². The SMILES string of the molecule is CNC(CCN1CCN(C)CC1)c1ccc(Br)cc1Cl. The van der Waals surface area contributed by atoms with Gasteiger partial charge in [-0.15, -0.1) is 0 Å². The summed E-state index contributed by atoms with van der Waals surface area (Å²) in [6, 6.07) is 6.45. The second-order valence-corrected chi connectivity index (χ2v) is 6.76. The van der Waals surface area contributed by atoms with E-state index >= 15 is 0 Å². The van der Waals surface area contributed by atoms with E-state index in [4.69, 9.17) is 11.6 Å². The van der Waals surface area contributed by atoms with E-state index in [0.29, 0.717) is 6.04 Å². The Morgan fingerprint density at radius 1 is 1.30 bits per heavy atom. The molecule has 0 radical (unpaired) electrons. The van der Waals surface area contributed by atoms with E-state index in [2.05, 4.69) is 50.2 Å². The predicted octanol–water partition coefficient (Wildman–Crippen LogP) is 3.00. The Morgan fingerprint density at radius 3 is 2.60 bits per heavy atom. The lowest BCUT2D eigenvalue weighted by Gasteiger charge is -2.33. The quantitative estimate of drug-likeness (QED) is 0.871. The van der Waals surface area contributed by atoms with E-state index in [-0.39, 0.29) is 0 Å². The molecule has 1 aromatic rings. The highest BCUT2D eigenvalue weighted by Gasteiger charge is 2.17. The first kappa shape index (κ1) is 16.2. The highest BCUT2D eigenvalue weighted by molar-refractivity contribution is 9.10. The molecule has 1 heterocycles. The van der Waals surface area contributed by atoms with E-state index in [1.54, 1.807) is 0 Å². The van der Waals surface area contributed by atoms with Gasteiger partial charge in [0.05, 0.1) is 0 Å². The fraction of sp³-hybridized carbons (Fsp3) is 0.600. The minimum atomic E-state index is 0.315. The first-order valence-corrected chi connectivity index (χ1v) is 8.30. The van der Waals surface area contributed by atoms with Crippen LogP contribution in [0, 0.1) is 0 Å². The fourth-order valence-electron chi connectivity index (χ4n) is 2.62. The molecule has 1 aliphatic rings. The van der Waals surface area contributed by atoms with Crippen LogP contribution in [0.4, 0.5) is 0 Å². The molecule has 0 bridgehead atoms. The molecule has 1 aliphatic heterocycles. The van der Waals surface area contributed by atoms with Crippen LogP contribution in [0.25, 0.3) is 0 Å². The highest BCUT2D eigenvalue weighted by atomic mass is 79.9. The lowest BCUT2D eigenvalue weighted by atomic mass is 10.0. The van der Waals surface area contributed by atoms with E-state index in [1.165, 1.54) is 31.7 Å². The van der Waals surface area contributed by atoms with Gasteiger partial charge < -0.3 is 15.1 Å². The molecule has 0 aromatic heterocycles. The summed E-state index contributed by atoms with van der Waals surface area (Å²) in [5.41, 5.74) is 1.19. The normalized spacial score (nSPS) is 19.2. The van der Waals surface area contributed by atoms with Crippen LogP contribution in [-0.4, -0.2) is 56.6 Å². The molecule has 1 fully saturated rings. The molecule has 0 saturated carbocycles. The maximum atomic E-state index is 6.35. The smallest absolute Gasteiger partial charge is 0.0465 e. The molecule has 112 valence electrons. The minimum Gasteiger partial charge on any atom is -0.313 e. The molecule has 20 heavy (non-hydrogen) atoms. The molecule has 1 aromatic carbocycles. The van der Waals surface area contributed by atoms with Crippen molar-refractivity contribution < 1.29 is 0 Å². The van der Waals surface area contributed by atoms with Crippen molar-refractivity contribution in [3.8, 4) is 0 Å².